The van der Waals surface area contributed by atoms with Gasteiger partial charge in [0.05, 0.1) is 0 Å². The molecule has 1 unspecified atom stereocenters. The third kappa shape index (κ3) is 2.61. The highest BCUT2D eigenvalue weighted by molar-refractivity contribution is 4.94. The van der Waals surface area contributed by atoms with E-state index in [2.05, 4.69) is 44.7 Å². The van der Waals surface area contributed by atoms with Gasteiger partial charge >= 0.3 is 0 Å². The molecule has 0 aliphatic carbocycles. The number of aromatic nitrogens is 3. The average molecular weight is 225 g/mol. The third-order valence-corrected chi connectivity index (χ3v) is 3.45. The second-order valence-electron chi connectivity index (χ2n) is 5.36. The van der Waals surface area contributed by atoms with Gasteiger partial charge in [0, 0.05) is 19.1 Å². The maximum absolute atomic E-state index is 9.53. The zero-order valence-electron chi connectivity index (χ0n) is 10.9. The summed E-state index contributed by atoms with van der Waals surface area (Å²) in [4.78, 5) is 4.29. The van der Waals surface area contributed by atoms with Crippen LogP contribution in [0.1, 0.15) is 46.5 Å². The molecule has 1 heterocycles. The molecule has 0 aliphatic heterocycles. The smallest absolute Gasteiger partial charge is 0.138 e. The number of aliphatic hydroxyl groups excluding tert-OH is 1. The normalized spacial score (nSPS) is 15.8. The Labute approximate surface area is 97.7 Å². The minimum atomic E-state index is -0.125. The lowest BCUT2D eigenvalue weighted by Gasteiger charge is -2.31. The summed E-state index contributed by atoms with van der Waals surface area (Å²) in [6.45, 7) is 10.7. The minimum Gasteiger partial charge on any atom is -0.396 e. The maximum atomic E-state index is 9.53. The summed E-state index contributed by atoms with van der Waals surface area (Å²) in [5.74, 6) is 1.37. The summed E-state index contributed by atoms with van der Waals surface area (Å²) >= 11 is 0. The Morgan fingerprint density at radius 3 is 2.44 bits per heavy atom. The summed E-state index contributed by atoms with van der Waals surface area (Å²) in [5, 5.41) is 13.7. The topological polar surface area (TPSA) is 50.9 Å². The molecule has 1 aromatic heterocycles. The van der Waals surface area contributed by atoms with E-state index < -0.39 is 0 Å². The van der Waals surface area contributed by atoms with Gasteiger partial charge in [-0.25, -0.2) is 9.67 Å². The molecule has 0 bridgehead atoms. The van der Waals surface area contributed by atoms with Gasteiger partial charge < -0.3 is 5.11 Å². The van der Waals surface area contributed by atoms with Crippen molar-refractivity contribution >= 4 is 0 Å². The summed E-state index contributed by atoms with van der Waals surface area (Å²) in [6, 6.07) is 0.313. The third-order valence-electron chi connectivity index (χ3n) is 3.45. The van der Waals surface area contributed by atoms with Crippen LogP contribution in [0.5, 0.6) is 0 Å². The van der Waals surface area contributed by atoms with Crippen LogP contribution in [0.15, 0.2) is 6.33 Å². The lowest BCUT2D eigenvalue weighted by molar-refractivity contribution is 0.0910. The molecule has 16 heavy (non-hydrogen) atoms. The highest BCUT2D eigenvalue weighted by Gasteiger charge is 2.30. The van der Waals surface area contributed by atoms with Crippen molar-refractivity contribution in [3.63, 3.8) is 0 Å². The fourth-order valence-corrected chi connectivity index (χ4v) is 1.64. The van der Waals surface area contributed by atoms with E-state index >= 15 is 0 Å². The number of aliphatic hydroxyl groups is 1. The van der Waals surface area contributed by atoms with Gasteiger partial charge in [0.2, 0.25) is 0 Å². The van der Waals surface area contributed by atoms with Crippen LogP contribution in [-0.2, 0) is 6.42 Å². The number of nitrogens with zero attached hydrogens (tertiary/aromatic N) is 3. The van der Waals surface area contributed by atoms with Gasteiger partial charge in [0.25, 0.3) is 0 Å². The van der Waals surface area contributed by atoms with E-state index in [1.807, 2.05) is 4.68 Å². The zero-order chi connectivity index (χ0) is 12.3. The average Bonchev–Trinajstić information content (AvgIpc) is 2.65. The number of rotatable bonds is 5. The van der Waals surface area contributed by atoms with Gasteiger partial charge in [-0.3, -0.25) is 0 Å². The van der Waals surface area contributed by atoms with Gasteiger partial charge in [0.15, 0.2) is 0 Å². The molecule has 0 radical (unpaired) electrons. The molecule has 1 rings (SSSR count). The predicted molar refractivity (Wildman–Crippen MR) is 64.1 cm³/mol. The van der Waals surface area contributed by atoms with E-state index in [9.17, 15) is 5.11 Å². The van der Waals surface area contributed by atoms with Crippen LogP contribution in [0.4, 0.5) is 0 Å². The first-order chi connectivity index (χ1) is 7.40. The van der Waals surface area contributed by atoms with Crippen molar-refractivity contribution in [2.24, 2.45) is 11.3 Å². The minimum absolute atomic E-state index is 0.125. The largest absolute Gasteiger partial charge is 0.396 e. The molecule has 1 aromatic rings. The lowest BCUT2D eigenvalue weighted by Crippen LogP contribution is -2.32. The Hall–Kier alpha value is -0.900. The zero-order valence-corrected chi connectivity index (χ0v) is 10.9. The summed E-state index contributed by atoms with van der Waals surface area (Å²) < 4.78 is 1.93. The lowest BCUT2D eigenvalue weighted by atomic mass is 9.77. The fraction of sp³-hybridized carbons (Fsp3) is 0.833. The van der Waals surface area contributed by atoms with Crippen molar-refractivity contribution in [3.05, 3.63) is 12.2 Å². The molecule has 92 valence electrons. The molecule has 0 aromatic carbocycles. The van der Waals surface area contributed by atoms with Crippen LogP contribution in [0.3, 0.4) is 0 Å². The Morgan fingerprint density at radius 2 is 2.00 bits per heavy atom. The molecule has 1 N–H and O–H groups in total. The predicted octanol–water partition coefficient (Wildman–Crippen LogP) is 2.06. The molecule has 0 saturated carbocycles. The molecule has 4 heteroatoms. The second-order valence-corrected chi connectivity index (χ2v) is 5.36. The number of hydrogen-bond acceptors (Lipinski definition) is 3. The van der Waals surface area contributed by atoms with Crippen LogP contribution >= 0.6 is 0 Å². The van der Waals surface area contributed by atoms with E-state index in [0.29, 0.717) is 12.0 Å². The summed E-state index contributed by atoms with van der Waals surface area (Å²) in [7, 11) is 0. The monoisotopic (exact) mass is 225 g/mol. The maximum Gasteiger partial charge on any atom is 0.138 e. The van der Waals surface area contributed by atoms with Crippen LogP contribution < -0.4 is 0 Å². The summed E-state index contributed by atoms with van der Waals surface area (Å²) in [6.07, 6.45) is 2.35. The van der Waals surface area contributed by atoms with E-state index in [1.54, 1.807) is 6.33 Å². The SMILES string of the molecule is CC(C)n1ncnc1CC(C)(CO)C(C)C. The first-order valence-corrected chi connectivity index (χ1v) is 5.90. The van der Waals surface area contributed by atoms with Crippen molar-refractivity contribution < 1.29 is 5.11 Å². The van der Waals surface area contributed by atoms with E-state index in [1.165, 1.54) is 0 Å². The first-order valence-electron chi connectivity index (χ1n) is 5.90. The van der Waals surface area contributed by atoms with Crippen molar-refractivity contribution in [2.45, 2.75) is 47.1 Å². The highest BCUT2D eigenvalue weighted by atomic mass is 16.3. The van der Waals surface area contributed by atoms with Gasteiger partial charge in [-0.1, -0.05) is 20.8 Å². The number of hydrogen-bond donors (Lipinski definition) is 1. The van der Waals surface area contributed by atoms with Crippen LogP contribution in [-0.4, -0.2) is 26.5 Å². The van der Waals surface area contributed by atoms with Gasteiger partial charge in [-0.05, 0) is 25.2 Å². The molecule has 0 fully saturated rings. The van der Waals surface area contributed by atoms with Crippen molar-refractivity contribution in [3.8, 4) is 0 Å². The molecule has 0 aliphatic rings. The molecule has 0 amide bonds. The highest BCUT2D eigenvalue weighted by Crippen LogP contribution is 2.30. The Bertz CT molecular complexity index is 333. The molecular weight excluding hydrogens is 202 g/mol. The van der Waals surface area contributed by atoms with Crippen LogP contribution in [0.2, 0.25) is 0 Å². The second kappa shape index (κ2) is 4.95. The molecule has 4 nitrogen and oxygen atoms in total. The first kappa shape index (κ1) is 13.2. The Balaban J connectivity index is 2.90. The molecule has 1 atom stereocenters. The molecule has 0 spiro atoms. The van der Waals surface area contributed by atoms with Crippen molar-refractivity contribution in [1.82, 2.24) is 14.8 Å². The van der Waals surface area contributed by atoms with Gasteiger partial charge in [-0.2, -0.15) is 5.10 Å². The van der Waals surface area contributed by atoms with Gasteiger partial charge in [-0.15, -0.1) is 0 Å². The van der Waals surface area contributed by atoms with E-state index in [0.717, 1.165) is 12.2 Å². The van der Waals surface area contributed by atoms with Crippen LogP contribution in [0, 0.1) is 11.3 Å². The Kier molecular flexibility index (Phi) is 4.08. The van der Waals surface area contributed by atoms with Crippen molar-refractivity contribution in [1.29, 1.82) is 0 Å². The van der Waals surface area contributed by atoms with Crippen LogP contribution in [0.25, 0.3) is 0 Å². The van der Waals surface area contributed by atoms with Gasteiger partial charge in [0.1, 0.15) is 12.2 Å². The van der Waals surface area contributed by atoms with Crippen molar-refractivity contribution in [2.75, 3.05) is 6.61 Å². The standard InChI is InChI=1S/C12H23N3O/c1-9(2)12(5,7-16)6-11-13-8-14-15(11)10(3)4/h8-10,16H,6-7H2,1-5H3. The molecular formula is C12H23N3O. The quantitative estimate of drug-likeness (QED) is 0.834. The summed E-state index contributed by atoms with van der Waals surface area (Å²) in [5.41, 5.74) is -0.125. The Morgan fingerprint density at radius 1 is 1.38 bits per heavy atom. The van der Waals surface area contributed by atoms with E-state index in [4.69, 9.17) is 0 Å². The fourth-order valence-electron chi connectivity index (χ4n) is 1.64. The van der Waals surface area contributed by atoms with E-state index in [-0.39, 0.29) is 12.0 Å². The molecule has 0 saturated heterocycles.